The molecular weight excluding hydrogens is 256 g/mol. The lowest BCUT2D eigenvalue weighted by atomic mass is 9.85. The molecule has 1 aromatic carbocycles. The van der Waals surface area contributed by atoms with Crippen molar-refractivity contribution in [3.63, 3.8) is 0 Å². The van der Waals surface area contributed by atoms with Crippen LogP contribution in [0.2, 0.25) is 0 Å². The molecule has 0 bridgehead atoms. The highest BCUT2D eigenvalue weighted by molar-refractivity contribution is 5.30. The summed E-state index contributed by atoms with van der Waals surface area (Å²) >= 11 is 0. The summed E-state index contributed by atoms with van der Waals surface area (Å²) in [7, 11) is 0. The quantitative estimate of drug-likeness (QED) is 0.912. The third kappa shape index (κ3) is 3.49. The van der Waals surface area contributed by atoms with Crippen molar-refractivity contribution in [2.24, 2.45) is 0 Å². The fraction of sp³-hybridized carbons (Fsp3) is 0.684. The van der Waals surface area contributed by atoms with E-state index < -0.39 is 0 Å². The fourth-order valence-corrected chi connectivity index (χ4v) is 4.23. The van der Waals surface area contributed by atoms with Gasteiger partial charge in [0.15, 0.2) is 0 Å². The normalized spacial score (nSPS) is 30.1. The molecule has 116 valence electrons. The highest BCUT2D eigenvalue weighted by Crippen LogP contribution is 2.29. The number of piperidine rings is 1. The topological polar surface area (TPSA) is 15.3 Å². The molecule has 1 fully saturated rings. The molecule has 1 aliphatic carbocycles. The minimum atomic E-state index is 0.725. The summed E-state index contributed by atoms with van der Waals surface area (Å²) in [4.78, 5) is 2.79. The number of hydrogen-bond acceptors (Lipinski definition) is 2. The molecule has 1 aromatic rings. The Kier molecular flexibility index (Phi) is 4.97. The van der Waals surface area contributed by atoms with Gasteiger partial charge in [-0.3, -0.25) is 4.90 Å². The molecule has 0 saturated carbocycles. The maximum absolute atomic E-state index is 3.71. The summed E-state index contributed by atoms with van der Waals surface area (Å²) in [6, 6.07) is 11.3. The smallest absolute Gasteiger partial charge is 0.0142 e. The lowest BCUT2D eigenvalue weighted by Gasteiger charge is -2.44. The van der Waals surface area contributed by atoms with Gasteiger partial charge in [-0.25, -0.2) is 0 Å². The Balaban J connectivity index is 1.59. The van der Waals surface area contributed by atoms with Crippen molar-refractivity contribution < 1.29 is 0 Å². The Morgan fingerprint density at radius 1 is 1.19 bits per heavy atom. The Morgan fingerprint density at radius 3 is 2.76 bits per heavy atom. The van der Waals surface area contributed by atoms with Crippen LogP contribution in [0.5, 0.6) is 0 Å². The van der Waals surface area contributed by atoms with Crippen molar-refractivity contribution in [1.29, 1.82) is 0 Å². The van der Waals surface area contributed by atoms with Crippen LogP contribution in [0.3, 0.4) is 0 Å². The predicted octanol–water partition coefficient (Wildman–Crippen LogP) is 3.40. The Hall–Kier alpha value is -0.860. The summed E-state index contributed by atoms with van der Waals surface area (Å²) in [6.45, 7) is 7.13. The van der Waals surface area contributed by atoms with Gasteiger partial charge in [0.1, 0.15) is 0 Å². The number of nitrogens with one attached hydrogen (secondary N) is 1. The summed E-state index contributed by atoms with van der Waals surface area (Å²) in [5.74, 6) is 0. The van der Waals surface area contributed by atoms with Gasteiger partial charge in [0.2, 0.25) is 0 Å². The number of likely N-dealkylation sites (tertiary alicyclic amines) is 1. The summed E-state index contributed by atoms with van der Waals surface area (Å²) < 4.78 is 0. The number of rotatable bonds is 4. The molecule has 3 rings (SSSR count). The first-order valence-corrected chi connectivity index (χ1v) is 8.84. The van der Waals surface area contributed by atoms with E-state index in [4.69, 9.17) is 0 Å². The monoisotopic (exact) mass is 286 g/mol. The Morgan fingerprint density at radius 2 is 2.00 bits per heavy atom. The summed E-state index contributed by atoms with van der Waals surface area (Å²) in [5, 5.41) is 3.71. The minimum absolute atomic E-state index is 0.725. The molecule has 0 amide bonds. The molecule has 3 atom stereocenters. The largest absolute Gasteiger partial charge is 0.314 e. The average Bonchev–Trinajstić information content (AvgIpc) is 2.52. The molecular formula is C19H30N2. The van der Waals surface area contributed by atoms with Gasteiger partial charge < -0.3 is 5.32 Å². The van der Waals surface area contributed by atoms with Crippen LogP contribution in [0.15, 0.2) is 24.3 Å². The van der Waals surface area contributed by atoms with Gasteiger partial charge in [-0.05, 0) is 63.1 Å². The van der Waals surface area contributed by atoms with Crippen LogP contribution >= 0.6 is 0 Å². The van der Waals surface area contributed by atoms with Crippen molar-refractivity contribution in [3.05, 3.63) is 35.4 Å². The molecule has 1 heterocycles. The second kappa shape index (κ2) is 6.93. The Bertz CT molecular complexity index is 457. The second-order valence-electron chi connectivity index (χ2n) is 6.93. The average molecular weight is 286 g/mol. The molecule has 1 N–H and O–H groups in total. The van der Waals surface area contributed by atoms with Gasteiger partial charge in [-0.2, -0.15) is 0 Å². The second-order valence-corrected chi connectivity index (χ2v) is 6.93. The first-order chi connectivity index (χ1) is 10.3. The van der Waals surface area contributed by atoms with E-state index in [1.54, 1.807) is 11.1 Å². The molecule has 2 nitrogen and oxygen atoms in total. The van der Waals surface area contributed by atoms with Crippen LogP contribution in [0.1, 0.15) is 50.7 Å². The van der Waals surface area contributed by atoms with Gasteiger partial charge in [-0.1, -0.05) is 31.2 Å². The number of nitrogens with zero attached hydrogens (tertiary/aromatic N) is 1. The van der Waals surface area contributed by atoms with E-state index in [0.29, 0.717) is 0 Å². The first-order valence-electron chi connectivity index (χ1n) is 8.84. The van der Waals surface area contributed by atoms with Crippen LogP contribution in [0.25, 0.3) is 0 Å². The number of benzene rings is 1. The van der Waals surface area contributed by atoms with Gasteiger partial charge in [0.05, 0.1) is 0 Å². The standard InChI is InChI=1S/C19H30N2/c1-3-11-20-18-10-12-21(15(2)13-18)19-9-8-16-6-4-5-7-17(16)14-19/h4-7,15,18-20H,3,8-14H2,1-2H3. The predicted molar refractivity (Wildman–Crippen MR) is 89.7 cm³/mol. The molecule has 0 spiro atoms. The molecule has 0 radical (unpaired) electrons. The van der Waals surface area contributed by atoms with E-state index in [1.165, 1.54) is 51.6 Å². The van der Waals surface area contributed by atoms with Crippen LogP contribution in [-0.2, 0) is 12.8 Å². The van der Waals surface area contributed by atoms with E-state index in [9.17, 15) is 0 Å². The highest BCUT2D eigenvalue weighted by atomic mass is 15.2. The molecule has 2 heteroatoms. The zero-order valence-corrected chi connectivity index (χ0v) is 13.6. The van der Waals surface area contributed by atoms with Crippen molar-refractivity contribution >= 4 is 0 Å². The van der Waals surface area contributed by atoms with Crippen LogP contribution in [0.4, 0.5) is 0 Å². The van der Waals surface area contributed by atoms with E-state index in [0.717, 1.165) is 18.1 Å². The molecule has 21 heavy (non-hydrogen) atoms. The minimum Gasteiger partial charge on any atom is -0.314 e. The third-order valence-electron chi connectivity index (χ3n) is 5.40. The van der Waals surface area contributed by atoms with Gasteiger partial charge >= 0.3 is 0 Å². The van der Waals surface area contributed by atoms with Crippen LogP contribution in [-0.4, -0.2) is 36.1 Å². The highest BCUT2D eigenvalue weighted by Gasteiger charge is 2.31. The maximum Gasteiger partial charge on any atom is 0.0142 e. The molecule has 1 saturated heterocycles. The molecule has 3 unspecified atom stereocenters. The summed E-state index contributed by atoms with van der Waals surface area (Å²) in [5.41, 5.74) is 3.17. The van der Waals surface area contributed by atoms with Gasteiger partial charge in [0.25, 0.3) is 0 Å². The fourth-order valence-electron chi connectivity index (χ4n) is 4.23. The molecule has 2 aliphatic rings. The van der Waals surface area contributed by atoms with Gasteiger partial charge in [-0.15, -0.1) is 0 Å². The SMILES string of the molecule is CCCNC1CCN(C2CCc3ccccc3C2)C(C)C1. The molecule has 0 aromatic heterocycles. The van der Waals surface area contributed by atoms with E-state index in [1.807, 2.05) is 0 Å². The maximum atomic E-state index is 3.71. The summed E-state index contributed by atoms with van der Waals surface area (Å²) in [6.07, 6.45) is 7.75. The first kappa shape index (κ1) is 15.1. The van der Waals surface area contributed by atoms with Gasteiger partial charge in [0, 0.05) is 24.7 Å². The zero-order valence-electron chi connectivity index (χ0n) is 13.6. The zero-order chi connectivity index (χ0) is 14.7. The lowest BCUT2D eigenvalue weighted by Crippen LogP contribution is -2.52. The van der Waals surface area contributed by atoms with Crippen molar-refractivity contribution in [2.75, 3.05) is 13.1 Å². The number of hydrogen-bond donors (Lipinski definition) is 1. The van der Waals surface area contributed by atoms with Crippen molar-refractivity contribution in [1.82, 2.24) is 10.2 Å². The van der Waals surface area contributed by atoms with Crippen LogP contribution in [0, 0.1) is 0 Å². The van der Waals surface area contributed by atoms with E-state index >= 15 is 0 Å². The van der Waals surface area contributed by atoms with E-state index in [-0.39, 0.29) is 0 Å². The third-order valence-corrected chi connectivity index (χ3v) is 5.40. The molecule has 1 aliphatic heterocycles. The lowest BCUT2D eigenvalue weighted by molar-refractivity contribution is 0.0801. The number of aryl methyl sites for hydroxylation is 1. The van der Waals surface area contributed by atoms with E-state index in [2.05, 4.69) is 48.3 Å². The Labute approximate surface area is 129 Å². The van der Waals surface area contributed by atoms with Crippen molar-refractivity contribution in [2.45, 2.75) is 70.5 Å². The number of fused-ring (bicyclic) bond motifs is 1. The van der Waals surface area contributed by atoms with Crippen molar-refractivity contribution in [3.8, 4) is 0 Å². The van der Waals surface area contributed by atoms with Crippen LogP contribution < -0.4 is 5.32 Å².